The molecule has 1 unspecified atom stereocenters. The minimum absolute atomic E-state index is 0.173. The highest BCUT2D eigenvalue weighted by Crippen LogP contribution is 2.23. The third-order valence-electron chi connectivity index (χ3n) is 1.94. The van der Waals surface area contributed by atoms with Crippen LogP contribution in [0.5, 0.6) is 5.75 Å². The number of hydrogen-bond donors (Lipinski definition) is 1. The van der Waals surface area contributed by atoms with Gasteiger partial charge in [-0.1, -0.05) is 6.07 Å². The zero-order chi connectivity index (χ0) is 10.6. The van der Waals surface area contributed by atoms with Gasteiger partial charge in [0.15, 0.2) is 11.6 Å². The summed E-state index contributed by atoms with van der Waals surface area (Å²) in [6.07, 6.45) is -0.305. The molecule has 78 valence electrons. The highest BCUT2D eigenvalue weighted by Gasteiger charge is 2.10. The van der Waals surface area contributed by atoms with Crippen molar-refractivity contribution in [2.45, 2.75) is 12.5 Å². The number of halogens is 2. The molecule has 0 heterocycles. The molecule has 1 aromatic carbocycles. The van der Waals surface area contributed by atoms with Crippen LogP contribution in [0, 0.1) is 5.82 Å². The van der Waals surface area contributed by atoms with E-state index in [1.54, 1.807) is 6.07 Å². The van der Waals surface area contributed by atoms with Crippen molar-refractivity contribution in [3.05, 3.63) is 29.6 Å². The van der Waals surface area contributed by atoms with Gasteiger partial charge < -0.3 is 9.84 Å². The topological polar surface area (TPSA) is 29.5 Å². The van der Waals surface area contributed by atoms with E-state index in [9.17, 15) is 9.50 Å². The lowest BCUT2D eigenvalue weighted by atomic mass is 10.1. The number of aliphatic hydroxyl groups is 1. The van der Waals surface area contributed by atoms with E-state index >= 15 is 0 Å². The molecule has 0 fully saturated rings. The Labute approximate surface area is 87.3 Å². The van der Waals surface area contributed by atoms with E-state index < -0.39 is 11.9 Å². The number of benzene rings is 1. The summed E-state index contributed by atoms with van der Waals surface area (Å²) in [6, 6.07) is 4.37. The first-order valence-corrected chi connectivity index (χ1v) is 4.80. The Morgan fingerprint density at radius 1 is 1.57 bits per heavy atom. The highest BCUT2D eigenvalue weighted by molar-refractivity contribution is 6.17. The fourth-order valence-corrected chi connectivity index (χ4v) is 1.37. The van der Waals surface area contributed by atoms with Crippen LogP contribution in [0.25, 0.3) is 0 Å². The molecule has 0 aromatic heterocycles. The second kappa shape index (κ2) is 5.17. The average molecular weight is 219 g/mol. The van der Waals surface area contributed by atoms with E-state index in [-0.39, 0.29) is 5.75 Å². The molecule has 1 rings (SSSR count). The molecule has 14 heavy (non-hydrogen) atoms. The molecule has 0 bridgehead atoms. The third-order valence-corrected chi connectivity index (χ3v) is 2.16. The fraction of sp³-hybridized carbons (Fsp3) is 0.400. The lowest BCUT2D eigenvalue weighted by Gasteiger charge is -2.10. The van der Waals surface area contributed by atoms with Crippen LogP contribution in [0.15, 0.2) is 18.2 Å². The van der Waals surface area contributed by atoms with E-state index in [0.717, 1.165) is 0 Å². The predicted molar refractivity (Wildman–Crippen MR) is 53.2 cm³/mol. The van der Waals surface area contributed by atoms with Crippen LogP contribution in [0.4, 0.5) is 4.39 Å². The van der Waals surface area contributed by atoms with Gasteiger partial charge in [0, 0.05) is 5.88 Å². The molecular weight excluding hydrogens is 207 g/mol. The van der Waals surface area contributed by atoms with Crippen LogP contribution in [0.3, 0.4) is 0 Å². The molecule has 1 N–H and O–H groups in total. The van der Waals surface area contributed by atoms with Crippen molar-refractivity contribution in [3.8, 4) is 5.75 Å². The molecule has 0 aliphatic rings. The summed E-state index contributed by atoms with van der Waals surface area (Å²) in [5.74, 6) is 0.0416. The molecule has 1 atom stereocenters. The Hall–Kier alpha value is -0.800. The lowest BCUT2D eigenvalue weighted by Crippen LogP contribution is -1.99. The van der Waals surface area contributed by atoms with Gasteiger partial charge in [-0.15, -0.1) is 11.6 Å². The summed E-state index contributed by atoms with van der Waals surface area (Å²) in [6.45, 7) is 0. The molecule has 0 saturated carbocycles. The van der Waals surface area contributed by atoms with E-state index in [0.29, 0.717) is 17.9 Å². The normalized spacial score (nSPS) is 12.6. The van der Waals surface area contributed by atoms with Crippen molar-refractivity contribution in [2.24, 2.45) is 0 Å². The molecule has 4 heteroatoms. The van der Waals surface area contributed by atoms with Gasteiger partial charge in [0.05, 0.1) is 13.2 Å². The monoisotopic (exact) mass is 218 g/mol. The smallest absolute Gasteiger partial charge is 0.165 e. The lowest BCUT2D eigenvalue weighted by molar-refractivity contribution is 0.174. The summed E-state index contributed by atoms with van der Waals surface area (Å²) in [5.41, 5.74) is 0.518. The Bertz CT molecular complexity index is 304. The number of rotatable bonds is 4. The van der Waals surface area contributed by atoms with Crippen molar-refractivity contribution in [1.82, 2.24) is 0 Å². The molecule has 0 aliphatic heterocycles. The first-order valence-electron chi connectivity index (χ1n) is 4.26. The Morgan fingerprint density at radius 2 is 2.29 bits per heavy atom. The Balaban J connectivity index is 2.85. The van der Waals surface area contributed by atoms with Gasteiger partial charge in [-0.3, -0.25) is 0 Å². The van der Waals surface area contributed by atoms with Crippen LogP contribution in [0.1, 0.15) is 18.1 Å². The maximum Gasteiger partial charge on any atom is 0.165 e. The molecule has 1 aromatic rings. The van der Waals surface area contributed by atoms with Gasteiger partial charge in [0.2, 0.25) is 0 Å². The molecule has 0 aliphatic carbocycles. The minimum Gasteiger partial charge on any atom is -0.494 e. The predicted octanol–water partition coefficient (Wildman–Crippen LogP) is 2.50. The second-order valence-corrected chi connectivity index (χ2v) is 3.27. The minimum atomic E-state index is -0.715. The average Bonchev–Trinajstić information content (AvgIpc) is 2.18. The number of aliphatic hydroxyl groups excluding tert-OH is 1. The number of alkyl halides is 1. The summed E-state index contributed by atoms with van der Waals surface area (Å²) in [4.78, 5) is 0. The maximum absolute atomic E-state index is 13.2. The van der Waals surface area contributed by atoms with Gasteiger partial charge in [0.25, 0.3) is 0 Å². The standard InChI is InChI=1S/C10H12ClFO2/c1-14-10-3-2-7(6-8(10)12)9(13)4-5-11/h2-3,6,9,13H,4-5H2,1H3. The molecule has 0 spiro atoms. The van der Waals surface area contributed by atoms with E-state index in [1.165, 1.54) is 19.2 Å². The quantitative estimate of drug-likeness (QED) is 0.787. The second-order valence-electron chi connectivity index (χ2n) is 2.89. The van der Waals surface area contributed by atoms with Crippen LogP contribution < -0.4 is 4.74 Å². The van der Waals surface area contributed by atoms with Crippen molar-refractivity contribution >= 4 is 11.6 Å². The first-order chi connectivity index (χ1) is 6.69. The summed E-state index contributed by atoms with van der Waals surface area (Å²) in [7, 11) is 1.40. The largest absolute Gasteiger partial charge is 0.494 e. The molecule has 0 radical (unpaired) electrons. The van der Waals surface area contributed by atoms with Crippen molar-refractivity contribution in [1.29, 1.82) is 0 Å². The Morgan fingerprint density at radius 3 is 2.79 bits per heavy atom. The molecule has 0 amide bonds. The van der Waals surface area contributed by atoms with Gasteiger partial charge in [-0.2, -0.15) is 0 Å². The van der Waals surface area contributed by atoms with Crippen LogP contribution in [-0.2, 0) is 0 Å². The summed E-state index contributed by atoms with van der Waals surface area (Å²) >= 11 is 5.47. The van der Waals surface area contributed by atoms with Crippen LogP contribution >= 0.6 is 11.6 Å². The number of ether oxygens (including phenoxy) is 1. The van der Waals surface area contributed by atoms with Gasteiger partial charge >= 0.3 is 0 Å². The third kappa shape index (κ3) is 2.59. The highest BCUT2D eigenvalue weighted by atomic mass is 35.5. The maximum atomic E-state index is 13.2. The SMILES string of the molecule is COc1ccc(C(O)CCCl)cc1F. The van der Waals surface area contributed by atoms with E-state index in [1.807, 2.05) is 0 Å². The van der Waals surface area contributed by atoms with Crippen molar-refractivity contribution in [2.75, 3.05) is 13.0 Å². The Kier molecular flexibility index (Phi) is 4.17. The van der Waals surface area contributed by atoms with Gasteiger partial charge in [-0.05, 0) is 24.1 Å². The van der Waals surface area contributed by atoms with Crippen LogP contribution in [-0.4, -0.2) is 18.1 Å². The fourth-order valence-electron chi connectivity index (χ4n) is 1.16. The summed E-state index contributed by atoms with van der Waals surface area (Å²) < 4.78 is 17.9. The van der Waals surface area contributed by atoms with Gasteiger partial charge in [-0.25, -0.2) is 4.39 Å². The molecular formula is C10H12ClFO2. The summed E-state index contributed by atoms with van der Waals surface area (Å²) in [5, 5.41) is 9.52. The van der Waals surface area contributed by atoms with E-state index in [4.69, 9.17) is 16.3 Å². The van der Waals surface area contributed by atoms with Crippen molar-refractivity contribution in [3.63, 3.8) is 0 Å². The zero-order valence-electron chi connectivity index (χ0n) is 7.84. The van der Waals surface area contributed by atoms with Crippen LogP contribution in [0.2, 0.25) is 0 Å². The van der Waals surface area contributed by atoms with Gasteiger partial charge in [0.1, 0.15) is 0 Å². The molecule has 0 saturated heterocycles. The number of methoxy groups -OCH3 is 1. The first kappa shape index (κ1) is 11.3. The van der Waals surface area contributed by atoms with E-state index in [2.05, 4.69) is 0 Å². The molecule has 2 nitrogen and oxygen atoms in total. The number of hydrogen-bond acceptors (Lipinski definition) is 2. The van der Waals surface area contributed by atoms with Crippen molar-refractivity contribution < 1.29 is 14.2 Å². The zero-order valence-corrected chi connectivity index (χ0v) is 8.59.